The lowest BCUT2D eigenvalue weighted by Gasteiger charge is -1.98. The van der Waals surface area contributed by atoms with E-state index in [2.05, 4.69) is 7.10 Å². The maximum absolute atomic E-state index is 5.81. The summed E-state index contributed by atoms with van der Waals surface area (Å²) in [6, 6.07) is 0. The number of halogens is 2. The first kappa shape index (κ1) is 6.44. The number of imidazole rings is 1. The molecule has 0 saturated heterocycles. The Balaban J connectivity index is 0.000000320. The van der Waals surface area contributed by atoms with Gasteiger partial charge in [-0.15, -0.1) is 10.0 Å². The quantitative estimate of drug-likeness (QED) is 0.356. The van der Waals surface area contributed by atoms with Crippen LogP contribution < -0.4 is 16.0 Å². The van der Waals surface area contributed by atoms with Gasteiger partial charge >= 0.3 is 13.7 Å². The Labute approximate surface area is 62.1 Å². The zero-order chi connectivity index (χ0) is 4.85. The molecule has 0 spiro atoms. The van der Waals surface area contributed by atoms with Crippen LogP contribution in [-0.2, 0) is 0 Å². The van der Waals surface area contributed by atoms with Crippen molar-refractivity contribution >= 4 is 23.7 Å². The monoisotopic (exact) mass is 164 g/mol. The van der Waals surface area contributed by atoms with E-state index in [9.17, 15) is 0 Å². The molecule has 0 aliphatic carbocycles. The Morgan fingerprint density at radius 3 is 2.50 bits per heavy atom. The molecular formula is C3H3AlCl2N2. The first-order valence-corrected chi connectivity index (χ1v) is 4.88. The van der Waals surface area contributed by atoms with Crippen LogP contribution in [0.15, 0.2) is 18.7 Å². The minimum atomic E-state index is -1.07. The summed E-state index contributed by atoms with van der Waals surface area (Å²) in [4.78, 5) is 0. The molecule has 1 aromatic rings. The third-order valence-electron chi connectivity index (χ3n) is 1.17. The van der Waals surface area contributed by atoms with Gasteiger partial charge in [0, 0.05) is 0 Å². The third kappa shape index (κ3) is 0.597. The van der Waals surface area contributed by atoms with E-state index in [0.717, 1.165) is 0 Å². The van der Waals surface area contributed by atoms with E-state index in [4.69, 9.17) is 10.0 Å². The minimum absolute atomic E-state index is 0. The summed E-state index contributed by atoms with van der Waals surface area (Å²) in [6.07, 6.45) is 6.01. The lowest BCUT2D eigenvalue weighted by Crippen LogP contribution is -3.00. The van der Waals surface area contributed by atoms with Gasteiger partial charge in [-0.25, -0.2) is 0 Å². The topological polar surface area (TPSA) is 8.81 Å². The maximum atomic E-state index is 5.81. The van der Waals surface area contributed by atoms with E-state index in [-0.39, 0.29) is 12.4 Å². The van der Waals surface area contributed by atoms with Crippen LogP contribution in [0.4, 0.5) is 0 Å². The molecule has 42 valence electrons. The number of hydrogen-bond acceptors (Lipinski definition) is 0. The lowest BCUT2D eigenvalue weighted by molar-refractivity contribution is -0.551. The van der Waals surface area contributed by atoms with Crippen molar-refractivity contribution in [3.63, 3.8) is 0 Å². The van der Waals surface area contributed by atoms with E-state index in [1.165, 1.54) is 0 Å². The van der Waals surface area contributed by atoms with Crippen molar-refractivity contribution in [1.29, 1.82) is 0 Å². The molecule has 0 amide bonds. The molecular weight excluding hydrogens is 162 g/mol. The number of fused-ring (bicyclic) bond motifs is 1. The molecule has 2 aliphatic heterocycles. The fourth-order valence-corrected chi connectivity index (χ4v) is 2.47. The first-order valence-electron chi connectivity index (χ1n) is 2.10. The number of aromatic nitrogens is 2. The Morgan fingerprint density at radius 1 is 1.62 bits per heavy atom. The first-order chi connectivity index (χ1) is 3.38. The van der Waals surface area contributed by atoms with Crippen molar-refractivity contribution in [2.45, 2.75) is 0 Å². The van der Waals surface area contributed by atoms with Gasteiger partial charge < -0.3 is 19.5 Å². The van der Waals surface area contributed by atoms with Gasteiger partial charge in [-0.2, -0.15) is 0 Å². The van der Waals surface area contributed by atoms with Crippen LogP contribution in [-0.4, -0.2) is 17.2 Å². The number of hydrogen-bond donors (Lipinski definition) is 0. The van der Waals surface area contributed by atoms with Gasteiger partial charge in [0.15, 0.2) is 6.33 Å². The van der Waals surface area contributed by atoms with Crippen molar-refractivity contribution in [2.75, 3.05) is 0 Å². The van der Waals surface area contributed by atoms with Crippen LogP contribution in [0.25, 0.3) is 0 Å². The largest absolute Gasteiger partial charge is 1.05 e. The highest BCUT2D eigenvalue weighted by atomic mass is 35.6. The third-order valence-corrected chi connectivity index (χ3v) is 4.12. The average Bonchev–Trinajstić information content (AvgIpc) is 2.18. The molecule has 0 fully saturated rings. The summed E-state index contributed by atoms with van der Waals surface area (Å²) in [5.41, 5.74) is 0. The van der Waals surface area contributed by atoms with Gasteiger partial charge in [0.2, 0.25) is 0 Å². The highest BCUT2D eigenvalue weighted by molar-refractivity contribution is 7.01. The molecule has 1 aromatic heterocycles. The van der Waals surface area contributed by atoms with Crippen LogP contribution in [0.5, 0.6) is 0 Å². The number of rotatable bonds is 0. The predicted molar refractivity (Wildman–Crippen MR) is 27.0 cm³/mol. The summed E-state index contributed by atoms with van der Waals surface area (Å²) in [7, 11) is 5.81. The van der Waals surface area contributed by atoms with E-state index in [0.29, 0.717) is 0 Å². The molecule has 2 nitrogen and oxygen atoms in total. The van der Waals surface area contributed by atoms with Crippen LogP contribution in [0.3, 0.4) is 0 Å². The maximum Gasteiger partial charge on any atom is 1.05 e. The van der Waals surface area contributed by atoms with Gasteiger partial charge in [0.25, 0.3) is 0 Å². The van der Waals surface area contributed by atoms with Gasteiger partial charge in [0.1, 0.15) is 0 Å². The van der Waals surface area contributed by atoms with E-state index >= 15 is 0 Å². The SMILES string of the molecule is [Cl-].[Cl][Al]1[n]2cc[n+]1c2. The zero-order valence-corrected chi connectivity index (χ0v) is 6.63. The number of nitrogens with zero attached hydrogens (tertiary/aromatic N) is 2. The van der Waals surface area contributed by atoms with Crippen molar-refractivity contribution in [1.82, 2.24) is 3.55 Å². The summed E-state index contributed by atoms with van der Waals surface area (Å²) in [6.45, 7) is 0. The van der Waals surface area contributed by atoms with Crippen LogP contribution >= 0.6 is 10.0 Å². The molecule has 2 aliphatic rings. The Bertz CT molecular complexity index is 173. The molecule has 8 heavy (non-hydrogen) atoms. The van der Waals surface area contributed by atoms with Crippen molar-refractivity contribution in [3.8, 4) is 0 Å². The van der Waals surface area contributed by atoms with E-state index in [1.54, 1.807) is 0 Å². The van der Waals surface area contributed by atoms with Crippen LogP contribution in [0, 0.1) is 0 Å². The zero-order valence-electron chi connectivity index (χ0n) is 3.96. The molecule has 2 bridgehead atoms. The van der Waals surface area contributed by atoms with Crippen LogP contribution in [0.2, 0.25) is 0 Å². The normalized spacial score (nSPS) is 12.4. The molecule has 0 aromatic carbocycles. The summed E-state index contributed by atoms with van der Waals surface area (Å²) in [5, 5.41) is 0. The molecule has 0 unspecified atom stereocenters. The van der Waals surface area contributed by atoms with E-state index in [1.807, 2.05) is 18.7 Å². The van der Waals surface area contributed by atoms with Gasteiger partial charge in [-0.05, 0) is 0 Å². The molecule has 0 radical (unpaired) electrons. The van der Waals surface area contributed by atoms with E-state index < -0.39 is 13.7 Å². The molecule has 3 heterocycles. The molecule has 3 rings (SSSR count). The molecule has 0 N–H and O–H groups in total. The Morgan fingerprint density at radius 2 is 2.38 bits per heavy atom. The van der Waals surface area contributed by atoms with Crippen molar-refractivity contribution < 1.29 is 16.0 Å². The summed E-state index contributed by atoms with van der Waals surface area (Å²) >= 11 is -1.07. The highest BCUT2D eigenvalue weighted by Gasteiger charge is 2.51. The fraction of sp³-hybridized carbons (Fsp3) is 0. The predicted octanol–water partition coefficient (Wildman–Crippen LogP) is -3.29. The van der Waals surface area contributed by atoms with Gasteiger partial charge in [0.05, 0.1) is 12.4 Å². The molecule has 5 heteroatoms. The second-order valence-electron chi connectivity index (χ2n) is 1.62. The van der Waals surface area contributed by atoms with Gasteiger partial charge in [-0.3, -0.25) is 0 Å². The average molecular weight is 165 g/mol. The second-order valence-corrected chi connectivity index (χ2v) is 4.60. The molecule has 0 saturated carbocycles. The molecule has 0 atom stereocenters. The summed E-state index contributed by atoms with van der Waals surface area (Å²) in [5.74, 6) is 0. The van der Waals surface area contributed by atoms with Crippen molar-refractivity contribution in [3.05, 3.63) is 18.7 Å². The van der Waals surface area contributed by atoms with Gasteiger partial charge in [-0.1, -0.05) is 0 Å². The Kier molecular flexibility index (Phi) is 1.55. The highest BCUT2D eigenvalue weighted by Crippen LogP contribution is 1.99. The minimum Gasteiger partial charge on any atom is -1.00 e. The van der Waals surface area contributed by atoms with Crippen LogP contribution in [0.1, 0.15) is 0 Å². The summed E-state index contributed by atoms with van der Waals surface area (Å²) < 4.78 is 4.14. The Hall–Kier alpha value is 0.322. The smallest absolute Gasteiger partial charge is 1.00 e. The van der Waals surface area contributed by atoms with Crippen molar-refractivity contribution in [2.24, 2.45) is 0 Å². The standard InChI is InChI=1S/C3H3N2.Al.2ClH/c1-2-5-3-4-1;;;/h1-3H;;2*1H/q-1;+3;;/p-2. The fourth-order valence-electron chi connectivity index (χ4n) is 0.721. The lowest BCUT2D eigenvalue weighted by atomic mass is 11.0. The second kappa shape index (κ2) is 1.93.